The summed E-state index contributed by atoms with van der Waals surface area (Å²) in [7, 11) is 1.56. The molecule has 0 unspecified atom stereocenters. The molecule has 0 aliphatic carbocycles. The fraction of sp³-hybridized carbons (Fsp3) is 0.136. The van der Waals surface area contributed by atoms with E-state index < -0.39 is 17.2 Å². The van der Waals surface area contributed by atoms with E-state index in [0.717, 1.165) is 21.9 Å². The molecule has 0 saturated heterocycles. The van der Waals surface area contributed by atoms with Crippen LogP contribution in [0.4, 0.5) is 10.2 Å². The molecular formula is C22H18FN3O4S. The lowest BCUT2D eigenvalue weighted by Gasteiger charge is -2.20. The van der Waals surface area contributed by atoms with Gasteiger partial charge >= 0.3 is 11.7 Å². The van der Waals surface area contributed by atoms with E-state index in [9.17, 15) is 18.8 Å². The summed E-state index contributed by atoms with van der Waals surface area (Å²) in [5.41, 5.74) is 0.495. The summed E-state index contributed by atoms with van der Waals surface area (Å²) in [5, 5.41) is 2.86. The second kappa shape index (κ2) is 8.65. The summed E-state index contributed by atoms with van der Waals surface area (Å²) in [5.74, 6) is -0.687. The fourth-order valence-electron chi connectivity index (χ4n) is 3.07. The van der Waals surface area contributed by atoms with E-state index in [1.54, 1.807) is 7.05 Å². The minimum absolute atomic E-state index is 0.0324. The number of nitrogens with zero attached hydrogens (tertiary/aromatic N) is 2. The predicted molar refractivity (Wildman–Crippen MR) is 115 cm³/mol. The highest BCUT2D eigenvalue weighted by Crippen LogP contribution is 2.34. The number of fused-ring (bicyclic) bond motifs is 1. The molecule has 0 fully saturated rings. The molecule has 0 atom stereocenters. The van der Waals surface area contributed by atoms with Crippen molar-refractivity contribution in [3.63, 3.8) is 0 Å². The molecule has 7 nitrogen and oxygen atoms in total. The van der Waals surface area contributed by atoms with Gasteiger partial charge in [0.05, 0.1) is 6.54 Å². The van der Waals surface area contributed by atoms with Gasteiger partial charge in [-0.1, -0.05) is 54.2 Å². The van der Waals surface area contributed by atoms with Crippen LogP contribution in [0.3, 0.4) is 0 Å². The van der Waals surface area contributed by atoms with E-state index in [-0.39, 0.29) is 28.8 Å². The Hall–Kier alpha value is -3.59. The zero-order valence-electron chi connectivity index (χ0n) is 16.5. The van der Waals surface area contributed by atoms with Crippen LogP contribution in [0.5, 0.6) is 0 Å². The Morgan fingerprint density at radius 3 is 2.48 bits per heavy atom. The standard InChI is InChI=1S/C22H18FN3O4S/c1-25-19-18(20(27)26(22(25)29)12-14-5-3-2-4-6-14)31-17(11-24-19)21(28)30-13-15-7-9-16(23)10-8-15/h2-11,24H,12-13H2,1H3. The minimum Gasteiger partial charge on any atom is -0.457 e. The first-order chi connectivity index (χ1) is 14.9. The number of nitrogens with one attached hydrogen (secondary N) is 1. The first-order valence-corrected chi connectivity index (χ1v) is 10.2. The van der Waals surface area contributed by atoms with E-state index in [4.69, 9.17) is 4.74 Å². The number of esters is 1. The second-order valence-electron chi connectivity index (χ2n) is 6.85. The van der Waals surface area contributed by atoms with Crippen LogP contribution in [0.2, 0.25) is 0 Å². The average Bonchev–Trinajstić information content (AvgIpc) is 2.80. The fourth-order valence-corrected chi connectivity index (χ4v) is 4.04. The Bertz CT molecular complexity index is 1280. The van der Waals surface area contributed by atoms with E-state index in [0.29, 0.717) is 11.4 Å². The van der Waals surface area contributed by atoms with Crippen molar-refractivity contribution in [3.05, 3.63) is 103 Å². The van der Waals surface area contributed by atoms with Crippen LogP contribution in [0.25, 0.3) is 0 Å². The molecule has 4 rings (SSSR count). The summed E-state index contributed by atoms with van der Waals surface area (Å²) < 4.78 is 20.7. The van der Waals surface area contributed by atoms with Crippen molar-refractivity contribution in [2.45, 2.75) is 18.0 Å². The highest BCUT2D eigenvalue weighted by molar-refractivity contribution is 8.04. The van der Waals surface area contributed by atoms with Gasteiger partial charge in [-0.25, -0.2) is 14.0 Å². The minimum atomic E-state index is -0.629. The molecule has 2 heterocycles. The molecule has 9 heteroatoms. The van der Waals surface area contributed by atoms with Crippen LogP contribution in [-0.2, 0) is 29.7 Å². The zero-order valence-corrected chi connectivity index (χ0v) is 17.3. The van der Waals surface area contributed by atoms with Crippen LogP contribution in [-0.4, -0.2) is 15.1 Å². The summed E-state index contributed by atoms with van der Waals surface area (Å²) in [4.78, 5) is 38.6. The molecular weight excluding hydrogens is 421 g/mol. The number of thioether (sulfide) groups is 1. The third-order valence-electron chi connectivity index (χ3n) is 4.73. The maximum absolute atomic E-state index is 13.0. The van der Waals surface area contributed by atoms with Crippen molar-refractivity contribution in [2.75, 3.05) is 5.32 Å². The number of aromatic nitrogens is 2. The number of carbonyl (C=O) groups is 1. The first-order valence-electron chi connectivity index (χ1n) is 9.38. The second-order valence-corrected chi connectivity index (χ2v) is 7.91. The molecule has 0 spiro atoms. The van der Waals surface area contributed by atoms with Gasteiger partial charge in [0, 0.05) is 13.2 Å². The summed E-state index contributed by atoms with van der Waals surface area (Å²) in [6.07, 6.45) is 1.40. The number of rotatable bonds is 5. The van der Waals surface area contributed by atoms with Gasteiger partial charge in [0.1, 0.15) is 28.0 Å². The van der Waals surface area contributed by atoms with Crippen molar-refractivity contribution in [2.24, 2.45) is 7.05 Å². The number of anilines is 1. The number of hydrogen-bond donors (Lipinski definition) is 1. The van der Waals surface area contributed by atoms with E-state index in [2.05, 4.69) is 5.32 Å². The normalized spacial score (nSPS) is 12.5. The van der Waals surface area contributed by atoms with Gasteiger partial charge in [-0.3, -0.25) is 13.9 Å². The Labute approximate surface area is 180 Å². The lowest BCUT2D eigenvalue weighted by Crippen LogP contribution is -2.41. The van der Waals surface area contributed by atoms with Gasteiger partial charge < -0.3 is 10.1 Å². The number of halogens is 1. The van der Waals surface area contributed by atoms with Crippen LogP contribution in [0.1, 0.15) is 11.1 Å². The van der Waals surface area contributed by atoms with Gasteiger partial charge in [-0.05, 0) is 23.3 Å². The average molecular weight is 439 g/mol. The Kier molecular flexibility index (Phi) is 5.77. The van der Waals surface area contributed by atoms with Gasteiger partial charge in [0.25, 0.3) is 5.56 Å². The number of hydrogen-bond acceptors (Lipinski definition) is 6. The number of ether oxygens (including phenoxy) is 1. The molecule has 1 aromatic heterocycles. The van der Waals surface area contributed by atoms with Crippen molar-refractivity contribution >= 4 is 23.5 Å². The zero-order chi connectivity index (χ0) is 22.0. The monoisotopic (exact) mass is 439 g/mol. The molecule has 31 heavy (non-hydrogen) atoms. The molecule has 1 aliphatic rings. The van der Waals surface area contributed by atoms with E-state index in [1.807, 2.05) is 30.3 Å². The largest absolute Gasteiger partial charge is 0.457 e. The highest BCUT2D eigenvalue weighted by Gasteiger charge is 2.26. The smallest absolute Gasteiger partial charge is 0.346 e. The van der Waals surface area contributed by atoms with Crippen LogP contribution < -0.4 is 16.6 Å². The predicted octanol–water partition coefficient (Wildman–Crippen LogP) is 2.84. The molecule has 0 bridgehead atoms. The number of benzene rings is 2. The maximum Gasteiger partial charge on any atom is 0.346 e. The van der Waals surface area contributed by atoms with E-state index >= 15 is 0 Å². The van der Waals surface area contributed by atoms with Gasteiger partial charge in [0.15, 0.2) is 0 Å². The topological polar surface area (TPSA) is 82.3 Å². The third kappa shape index (κ3) is 4.31. The van der Waals surface area contributed by atoms with E-state index in [1.165, 1.54) is 35.0 Å². The summed E-state index contributed by atoms with van der Waals surface area (Å²) >= 11 is 0.948. The molecule has 0 amide bonds. The summed E-state index contributed by atoms with van der Waals surface area (Å²) in [6.45, 7) is 0.0869. The van der Waals surface area contributed by atoms with Crippen LogP contribution >= 0.6 is 11.8 Å². The van der Waals surface area contributed by atoms with Crippen LogP contribution in [0, 0.1) is 5.82 Å². The molecule has 1 aliphatic heterocycles. The van der Waals surface area contributed by atoms with Gasteiger partial charge in [-0.2, -0.15) is 0 Å². The maximum atomic E-state index is 13.0. The Morgan fingerprint density at radius 2 is 1.77 bits per heavy atom. The van der Waals surface area contributed by atoms with Crippen LogP contribution in [0.15, 0.2) is 80.2 Å². The lowest BCUT2D eigenvalue weighted by molar-refractivity contribution is -0.139. The lowest BCUT2D eigenvalue weighted by atomic mass is 10.2. The molecule has 3 aromatic rings. The van der Waals surface area contributed by atoms with Crippen molar-refractivity contribution in [1.82, 2.24) is 9.13 Å². The van der Waals surface area contributed by atoms with Crippen molar-refractivity contribution in [1.29, 1.82) is 0 Å². The van der Waals surface area contributed by atoms with Crippen molar-refractivity contribution in [3.8, 4) is 0 Å². The molecule has 2 aromatic carbocycles. The molecule has 158 valence electrons. The third-order valence-corrected chi connectivity index (χ3v) is 5.80. The first kappa shape index (κ1) is 20.7. The van der Waals surface area contributed by atoms with Gasteiger partial charge in [0.2, 0.25) is 0 Å². The molecule has 0 saturated carbocycles. The quantitative estimate of drug-likeness (QED) is 0.616. The molecule has 0 radical (unpaired) electrons. The summed E-state index contributed by atoms with van der Waals surface area (Å²) in [6, 6.07) is 14.8. The molecule has 1 N–H and O–H groups in total. The van der Waals surface area contributed by atoms with Crippen molar-refractivity contribution < 1.29 is 13.9 Å². The Morgan fingerprint density at radius 1 is 1.06 bits per heavy atom. The Balaban J connectivity index is 1.56. The SMILES string of the molecule is Cn1c2c(c(=O)n(Cc3ccccc3)c1=O)SC(C(=O)OCc1ccc(F)cc1)=CN2. The highest BCUT2D eigenvalue weighted by atomic mass is 32.2. The van der Waals surface area contributed by atoms with Gasteiger partial charge in [-0.15, -0.1) is 0 Å². The number of carbonyl (C=O) groups excluding carboxylic acids is 1.